The van der Waals surface area contributed by atoms with Gasteiger partial charge in [-0.05, 0) is 38.5 Å². The second-order valence-corrected chi connectivity index (χ2v) is 8.09. The van der Waals surface area contributed by atoms with Crippen LogP contribution < -0.4 is 10.2 Å². The van der Waals surface area contributed by atoms with Crippen molar-refractivity contribution in [1.29, 1.82) is 5.26 Å². The summed E-state index contributed by atoms with van der Waals surface area (Å²) in [6.45, 7) is 4.73. The number of fused-ring (bicyclic) bond motifs is 1. The first-order valence-corrected chi connectivity index (χ1v) is 9.97. The number of hydrogen-bond acceptors (Lipinski definition) is 7. The van der Waals surface area contributed by atoms with Crippen LogP contribution in [0.25, 0.3) is 0 Å². The van der Waals surface area contributed by atoms with E-state index in [1.54, 1.807) is 26.1 Å². The van der Waals surface area contributed by atoms with Gasteiger partial charge in [-0.2, -0.15) is 5.26 Å². The summed E-state index contributed by atoms with van der Waals surface area (Å²) in [6, 6.07) is 11.3. The van der Waals surface area contributed by atoms with E-state index in [2.05, 4.69) is 31.2 Å². The van der Waals surface area contributed by atoms with Crippen molar-refractivity contribution >= 4 is 28.9 Å². The number of pyridine rings is 1. The molecule has 0 spiro atoms. The summed E-state index contributed by atoms with van der Waals surface area (Å²) in [5.41, 5.74) is 3.02. The minimum Gasteiger partial charge on any atom is -0.386 e. The molecular formula is C22H21ClN6O. The molecule has 0 radical (unpaired) electrons. The van der Waals surface area contributed by atoms with Crippen molar-refractivity contribution in [2.45, 2.75) is 32.4 Å². The summed E-state index contributed by atoms with van der Waals surface area (Å²) >= 11 is 6.20. The molecule has 0 atom stereocenters. The molecule has 0 unspecified atom stereocenters. The van der Waals surface area contributed by atoms with Crippen LogP contribution in [0.5, 0.6) is 0 Å². The first-order valence-electron chi connectivity index (χ1n) is 9.59. The number of nitriles is 1. The second kappa shape index (κ2) is 7.90. The molecule has 0 aliphatic carbocycles. The highest BCUT2D eigenvalue weighted by atomic mass is 35.5. The van der Waals surface area contributed by atoms with Gasteiger partial charge in [0.05, 0.1) is 34.1 Å². The summed E-state index contributed by atoms with van der Waals surface area (Å²) in [4.78, 5) is 15.4. The average Bonchev–Trinajstić information content (AvgIpc) is 2.73. The molecule has 2 N–H and O–H groups in total. The Morgan fingerprint density at radius 3 is 2.73 bits per heavy atom. The van der Waals surface area contributed by atoms with E-state index in [1.165, 1.54) is 6.33 Å². The topological polar surface area (TPSA) is 98.0 Å². The van der Waals surface area contributed by atoms with Gasteiger partial charge in [0.1, 0.15) is 24.0 Å². The van der Waals surface area contributed by atoms with E-state index in [0.717, 1.165) is 41.3 Å². The molecule has 1 aromatic carbocycles. The predicted molar refractivity (Wildman–Crippen MR) is 116 cm³/mol. The van der Waals surface area contributed by atoms with Crippen LogP contribution in [0.2, 0.25) is 5.02 Å². The van der Waals surface area contributed by atoms with Crippen molar-refractivity contribution in [2.75, 3.05) is 16.8 Å². The Kier molecular flexibility index (Phi) is 5.29. The quantitative estimate of drug-likeness (QED) is 0.659. The van der Waals surface area contributed by atoms with Gasteiger partial charge in [-0.25, -0.2) is 15.0 Å². The van der Waals surface area contributed by atoms with Gasteiger partial charge in [0.25, 0.3) is 0 Å². The largest absolute Gasteiger partial charge is 0.386 e. The smallest absolute Gasteiger partial charge is 0.138 e. The Bertz CT molecular complexity index is 1120. The maximum atomic E-state index is 10.1. The number of rotatable bonds is 4. The standard InChI is InChI=1S/C22H21ClN6O/c1-22(2,30)14-6-7-20(25-11-14)28-21-15-8-9-29(12-18(15)26-13-27-21)19-5-3-4-17(23)16(19)10-24/h3-7,11,13,30H,8-9,12H2,1-2H3,(H,25,26,27,28). The van der Waals surface area contributed by atoms with Gasteiger partial charge in [0.2, 0.25) is 0 Å². The monoisotopic (exact) mass is 420 g/mol. The van der Waals surface area contributed by atoms with Gasteiger partial charge in [-0.1, -0.05) is 23.7 Å². The highest BCUT2D eigenvalue weighted by molar-refractivity contribution is 6.32. The van der Waals surface area contributed by atoms with Crippen LogP contribution in [0.15, 0.2) is 42.9 Å². The molecule has 30 heavy (non-hydrogen) atoms. The van der Waals surface area contributed by atoms with Crippen LogP contribution >= 0.6 is 11.6 Å². The second-order valence-electron chi connectivity index (χ2n) is 7.68. The lowest BCUT2D eigenvalue weighted by Crippen LogP contribution is -2.32. The molecule has 1 aliphatic heterocycles. The Hall–Kier alpha value is -3.21. The first-order chi connectivity index (χ1) is 14.4. The molecular weight excluding hydrogens is 400 g/mol. The predicted octanol–water partition coefficient (Wildman–Crippen LogP) is 3.93. The molecule has 2 aromatic heterocycles. The summed E-state index contributed by atoms with van der Waals surface area (Å²) in [5.74, 6) is 1.36. The van der Waals surface area contributed by atoms with E-state index < -0.39 is 5.60 Å². The van der Waals surface area contributed by atoms with Crippen molar-refractivity contribution in [3.8, 4) is 6.07 Å². The number of aliphatic hydroxyl groups is 1. The number of halogens is 1. The zero-order chi connectivity index (χ0) is 21.3. The zero-order valence-electron chi connectivity index (χ0n) is 16.7. The van der Waals surface area contributed by atoms with Crippen LogP contribution in [0.4, 0.5) is 17.3 Å². The van der Waals surface area contributed by atoms with Crippen LogP contribution in [0, 0.1) is 11.3 Å². The van der Waals surface area contributed by atoms with Crippen molar-refractivity contribution in [1.82, 2.24) is 15.0 Å². The number of aromatic nitrogens is 3. The van der Waals surface area contributed by atoms with Crippen molar-refractivity contribution in [3.63, 3.8) is 0 Å². The van der Waals surface area contributed by atoms with Crippen molar-refractivity contribution in [2.24, 2.45) is 0 Å². The van der Waals surface area contributed by atoms with E-state index >= 15 is 0 Å². The molecule has 0 fully saturated rings. The summed E-state index contributed by atoms with van der Waals surface area (Å²) < 4.78 is 0. The molecule has 0 saturated carbocycles. The maximum absolute atomic E-state index is 10.1. The minimum absolute atomic E-state index is 0.450. The Balaban J connectivity index is 1.58. The lowest BCUT2D eigenvalue weighted by Gasteiger charge is -2.31. The van der Waals surface area contributed by atoms with Gasteiger partial charge in [0, 0.05) is 23.9 Å². The van der Waals surface area contributed by atoms with Crippen LogP contribution in [0.3, 0.4) is 0 Å². The van der Waals surface area contributed by atoms with Gasteiger partial charge >= 0.3 is 0 Å². The first kappa shape index (κ1) is 20.1. The highest BCUT2D eigenvalue weighted by Gasteiger charge is 2.24. The van der Waals surface area contributed by atoms with Crippen molar-refractivity contribution in [3.05, 3.63) is 70.3 Å². The third-order valence-electron chi connectivity index (χ3n) is 5.17. The number of hydrogen-bond donors (Lipinski definition) is 2. The summed E-state index contributed by atoms with van der Waals surface area (Å²) in [5, 5.41) is 23.3. The lowest BCUT2D eigenvalue weighted by atomic mass is 10.0. The number of nitrogens with zero attached hydrogens (tertiary/aromatic N) is 5. The van der Waals surface area contributed by atoms with Crippen molar-refractivity contribution < 1.29 is 5.11 Å². The Morgan fingerprint density at radius 2 is 2.03 bits per heavy atom. The molecule has 1 aliphatic rings. The third-order valence-corrected chi connectivity index (χ3v) is 5.48. The molecule has 8 heteroatoms. The van der Waals surface area contributed by atoms with E-state index in [0.29, 0.717) is 22.9 Å². The fourth-order valence-corrected chi connectivity index (χ4v) is 3.72. The van der Waals surface area contributed by atoms with E-state index in [4.69, 9.17) is 11.6 Å². The maximum Gasteiger partial charge on any atom is 0.138 e. The molecule has 0 saturated heterocycles. The molecule has 3 heterocycles. The fourth-order valence-electron chi connectivity index (χ4n) is 3.51. The SMILES string of the molecule is CC(C)(O)c1ccc(Nc2ncnc3c2CCN(c2cccc(Cl)c2C#N)C3)nc1. The van der Waals surface area contributed by atoms with E-state index in [9.17, 15) is 10.4 Å². The number of benzene rings is 1. The molecule has 3 aromatic rings. The Labute approximate surface area is 180 Å². The molecule has 0 amide bonds. The summed E-state index contributed by atoms with van der Waals surface area (Å²) in [7, 11) is 0. The molecule has 7 nitrogen and oxygen atoms in total. The molecule has 0 bridgehead atoms. The van der Waals surface area contributed by atoms with Crippen LogP contribution in [-0.2, 0) is 18.6 Å². The van der Waals surface area contributed by atoms with Gasteiger partial charge in [-0.3, -0.25) is 0 Å². The highest BCUT2D eigenvalue weighted by Crippen LogP contribution is 2.32. The van der Waals surface area contributed by atoms with Crippen LogP contribution in [-0.4, -0.2) is 26.6 Å². The molecule has 4 rings (SSSR count). The van der Waals surface area contributed by atoms with Crippen LogP contribution in [0.1, 0.15) is 36.2 Å². The van der Waals surface area contributed by atoms with E-state index in [-0.39, 0.29) is 0 Å². The lowest BCUT2D eigenvalue weighted by molar-refractivity contribution is 0.0782. The Morgan fingerprint density at radius 1 is 1.20 bits per heavy atom. The fraction of sp³-hybridized carbons (Fsp3) is 0.273. The number of nitrogens with one attached hydrogen (secondary N) is 1. The van der Waals surface area contributed by atoms with E-state index in [1.807, 2.05) is 24.3 Å². The summed E-state index contributed by atoms with van der Waals surface area (Å²) in [6.07, 6.45) is 3.90. The van der Waals surface area contributed by atoms with Gasteiger partial charge < -0.3 is 15.3 Å². The molecule has 152 valence electrons. The number of anilines is 3. The average molecular weight is 421 g/mol. The third kappa shape index (κ3) is 3.92. The van der Waals surface area contributed by atoms with Gasteiger partial charge in [-0.15, -0.1) is 0 Å². The minimum atomic E-state index is -0.939. The normalized spacial score (nSPS) is 13.5. The van der Waals surface area contributed by atoms with Gasteiger partial charge in [0.15, 0.2) is 0 Å². The zero-order valence-corrected chi connectivity index (χ0v) is 17.5.